The first kappa shape index (κ1) is 17.9. The van der Waals surface area contributed by atoms with Crippen LogP contribution in [0.3, 0.4) is 0 Å². The lowest BCUT2D eigenvalue weighted by Crippen LogP contribution is -2.41. The van der Waals surface area contributed by atoms with Crippen molar-refractivity contribution in [1.29, 1.82) is 0 Å². The Morgan fingerprint density at radius 3 is 2.97 bits per heavy atom. The lowest BCUT2D eigenvalue weighted by molar-refractivity contribution is -0.122. The standard InChI is InChI=1S/C22H21N7O2/c1-10-14-5-4-13(9-16(14)29-28-10)24-22-25-15-6-7-31-19(15)21(27-22)26-18-12-3-2-11(8-12)17(18)20(23)30/h2-7,9,11-12,17-18H,8H2,1H3,(H2,23,30)(H,28,29)(H2,24,25,26,27)/t11-,12+,17+,18-/m0/s1. The fraction of sp³-hybridized carbons (Fsp3) is 0.273. The normalized spacial score (nSPS) is 24.3. The lowest BCUT2D eigenvalue weighted by atomic mass is 9.88. The van der Waals surface area contributed by atoms with Crippen molar-refractivity contribution in [1.82, 2.24) is 20.2 Å². The number of anilines is 3. The van der Waals surface area contributed by atoms with Gasteiger partial charge in [-0.2, -0.15) is 10.1 Å². The van der Waals surface area contributed by atoms with Crippen molar-refractivity contribution in [3.8, 4) is 0 Å². The molecule has 5 N–H and O–H groups in total. The molecule has 6 rings (SSSR count). The number of nitrogens with one attached hydrogen (secondary N) is 3. The van der Waals surface area contributed by atoms with Gasteiger partial charge in [-0.3, -0.25) is 9.89 Å². The van der Waals surface area contributed by atoms with Crippen molar-refractivity contribution in [2.24, 2.45) is 23.5 Å². The number of benzene rings is 1. The first-order valence-electron chi connectivity index (χ1n) is 10.3. The van der Waals surface area contributed by atoms with Gasteiger partial charge >= 0.3 is 0 Å². The fourth-order valence-corrected chi connectivity index (χ4v) is 4.95. The van der Waals surface area contributed by atoms with Gasteiger partial charge in [0, 0.05) is 23.2 Å². The molecule has 156 valence electrons. The van der Waals surface area contributed by atoms with Gasteiger partial charge in [0.25, 0.3) is 0 Å². The van der Waals surface area contributed by atoms with E-state index in [4.69, 9.17) is 10.2 Å². The Labute approximate surface area is 177 Å². The molecular weight excluding hydrogens is 394 g/mol. The monoisotopic (exact) mass is 415 g/mol. The van der Waals surface area contributed by atoms with Crippen LogP contribution in [0.4, 0.5) is 17.5 Å². The molecular formula is C22H21N7O2. The Morgan fingerprint density at radius 1 is 1.23 bits per heavy atom. The summed E-state index contributed by atoms with van der Waals surface area (Å²) in [6.45, 7) is 1.96. The Bertz CT molecular complexity index is 1350. The Morgan fingerprint density at radius 2 is 2.10 bits per heavy atom. The molecule has 2 bridgehead atoms. The van der Waals surface area contributed by atoms with Gasteiger partial charge < -0.3 is 20.8 Å². The zero-order valence-electron chi connectivity index (χ0n) is 16.8. The average molecular weight is 415 g/mol. The molecule has 0 aliphatic heterocycles. The molecule has 3 heterocycles. The minimum absolute atomic E-state index is 0.118. The number of aromatic amines is 1. The SMILES string of the molecule is Cc1n[nH]c2cc(Nc3nc(N[C@@H]4[C@H](C(N)=O)[C@H]5C=C[C@@H]4C5)c4occc4n3)ccc12. The Balaban J connectivity index is 1.35. The van der Waals surface area contributed by atoms with E-state index >= 15 is 0 Å². The molecule has 0 spiro atoms. The van der Waals surface area contributed by atoms with Crippen LogP contribution in [-0.2, 0) is 4.79 Å². The molecule has 0 unspecified atom stereocenters. The third kappa shape index (κ3) is 2.84. The molecule has 1 amide bonds. The highest BCUT2D eigenvalue weighted by molar-refractivity contribution is 5.88. The third-order valence-corrected chi connectivity index (χ3v) is 6.40. The van der Waals surface area contributed by atoms with Crippen LogP contribution in [0, 0.1) is 24.7 Å². The molecule has 9 heteroatoms. The van der Waals surface area contributed by atoms with Crippen molar-refractivity contribution in [2.45, 2.75) is 19.4 Å². The number of nitrogens with zero attached hydrogens (tertiary/aromatic N) is 3. The maximum atomic E-state index is 12.1. The molecule has 2 aliphatic carbocycles. The van der Waals surface area contributed by atoms with E-state index in [1.807, 2.05) is 25.1 Å². The van der Waals surface area contributed by atoms with E-state index in [2.05, 4.69) is 43.0 Å². The van der Waals surface area contributed by atoms with Gasteiger partial charge in [-0.25, -0.2) is 4.98 Å². The Kier molecular flexibility index (Phi) is 3.80. The van der Waals surface area contributed by atoms with Gasteiger partial charge in [-0.15, -0.1) is 0 Å². The van der Waals surface area contributed by atoms with Crippen molar-refractivity contribution in [3.05, 3.63) is 48.4 Å². The number of carbonyl (C=O) groups excluding carboxylic acids is 1. The van der Waals surface area contributed by atoms with E-state index in [-0.39, 0.29) is 29.7 Å². The van der Waals surface area contributed by atoms with Gasteiger partial charge in [-0.1, -0.05) is 12.2 Å². The second-order valence-electron chi connectivity index (χ2n) is 8.27. The number of furan rings is 1. The number of allylic oxidation sites excluding steroid dienone is 1. The fourth-order valence-electron chi connectivity index (χ4n) is 4.95. The van der Waals surface area contributed by atoms with Crippen molar-refractivity contribution < 1.29 is 9.21 Å². The highest BCUT2D eigenvalue weighted by Gasteiger charge is 2.47. The average Bonchev–Trinajstić information content (AvgIpc) is 3.52. The second-order valence-corrected chi connectivity index (χ2v) is 8.27. The smallest absolute Gasteiger partial charge is 0.229 e. The van der Waals surface area contributed by atoms with Gasteiger partial charge in [0.2, 0.25) is 11.9 Å². The van der Waals surface area contributed by atoms with Gasteiger partial charge in [-0.05, 0) is 43.4 Å². The van der Waals surface area contributed by atoms with E-state index in [9.17, 15) is 4.79 Å². The van der Waals surface area contributed by atoms with Crippen LogP contribution >= 0.6 is 0 Å². The van der Waals surface area contributed by atoms with Crippen molar-refractivity contribution in [3.63, 3.8) is 0 Å². The summed E-state index contributed by atoms with van der Waals surface area (Å²) < 4.78 is 5.64. The summed E-state index contributed by atoms with van der Waals surface area (Å²) in [6.07, 6.45) is 6.76. The number of primary amides is 1. The number of hydrogen-bond donors (Lipinski definition) is 4. The van der Waals surface area contributed by atoms with Gasteiger partial charge in [0.15, 0.2) is 11.4 Å². The molecule has 3 aromatic heterocycles. The largest absolute Gasteiger partial charge is 0.459 e. The first-order chi connectivity index (χ1) is 15.1. The zero-order chi connectivity index (χ0) is 21.1. The maximum absolute atomic E-state index is 12.1. The minimum Gasteiger partial charge on any atom is -0.459 e. The first-order valence-corrected chi connectivity index (χ1v) is 10.3. The molecule has 1 fully saturated rings. The van der Waals surface area contributed by atoms with Crippen LogP contribution in [0.1, 0.15) is 12.1 Å². The van der Waals surface area contributed by atoms with Gasteiger partial charge in [0.1, 0.15) is 5.52 Å². The number of rotatable bonds is 5. The van der Waals surface area contributed by atoms with E-state index in [1.165, 1.54) is 0 Å². The van der Waals surface area contributed by atoms with Crippen LogP contribution in [0.25, 0.3) is 22.0 Å². The summed E-state index contributed by atoms with van der Waals surface area (Å²) in [5.41, 5.74) is 9.66. The van der Waals surface area contributed by atoms with Crippen LogP contribution in [0.2, 0.25) is 0 Å². The predicted molar refractivity (Wildman–Crippen MR) is 117 cm³/mol. The summed E-state index contributed by atoms with van der Waals surface area (Å²) in [5, 5.41) is 15.0. The van der Waals surface area contributed by atoms with Crippen molar-refractivity contribution in [2.75, 3.05) is 10.6 Å². The summed E-state index contributed by atoms with van der Waals surface area (Å²) in [4.78, 5) is 21.3. The van der Waals surface area contributed by atoms with Crippen LogP contribution in [0.15, 0.2) is 47.1 Å². The highest BCUT2D eigenvalue weighted by Crippen LogP contribution is 2.45. The molecule has 0 radical (unpaired) electrons. The van der Waals surface area contributed by atoms with E-state index in [0.29, 0.717) is 22.9 Å². The topological polar surface area (TPSA) is 135 Å². The van der Waals surface area contributed by atoms with E-state index < -0.39 is 0 Å². The lowest BCUT2D eigenvalue weighted by Gasteiger charge is -2.27. The summed E-state index contributed by atoms with van der Waals surface area (Å²) >= 11 is 0. The number of carbonyl (C=O) groups is 1. The maximum Gasteiger partial charge on any atom is 0.229 e. The quantitative estimate of drug-likeness (QED) is 0.368. The number of amides is 1. The Hall–Kier alpha value is -3.88. The number of fused-ring (bicyclic) bond motifs is 4. The van der Waals surface area contributed by atoms with E-state index in [1.54, 1.807) is 12.3 Å². The van der Waals surface area contributed by atoms with Crippen LogP contribution < -0.4 is 16.4 Å². The summed E-state index contributed by atoms with van der Waals surface area (Å²) in [7, 11) is 0. The zero-order valence-corrected chi connectivity index (χ0v) is 16.8. The van der Waals surface area contributed by atoms with E-state index in [0.717, 1.165) is 28.7 Å². The highest BCUT2D eigenvalue weighted by atomic mass is 16.3. The molecule has 1 aromatic carbocycles. The van der Waals surface area contributed by atoms with Crippen molar-refractivity contribution >= 4 is 45.4 Å². The summed E-state index contributed by atoms with van der Waals surface area (Å²) in [5.74, 6) is 0.841. The number of aryl methyl sites for hydroxylation is 1. The number of H-pyrrole nitrogens is 1. The molecule has 9 nitrogen and oxygen atoms in total. The number of hydrogen-bond acceptors (Lipinski definition) is 7. The number of nitrogens with two attached hydrogens (primary N) is 1. The van der Waals surface area contributed by atoms with Crippen LogP contribution in [-0.4, -0.2) is 32.1 Å². The molecule has 31 heavy (non-hydrogen) atoms. The molecule has 4 aromatic rings. The number of aromatic nitrogens is 4. The second kappa shape index (κ2) is 6.56. The molecule has 1 saturated carbocycles. The molecule has 0 saturated heterocycles. The minimum atomic E-state index is -0.291. The predicted octanol–water partition coefficient (Wildman–Crippen LogP) is 3.24. The molecule has 2 aliphatic rings. The molecule has 4 atom stereocenters. The third-order valence-electron chi connectivity index (χ3n) is 6.40. The van der Waals surface area contributed by atoms with Crippen LogP contribution in [0.5, 0.6) is 0 Å². The van der Waals surface area contributed by atoms with Gasteiger partial charge in [0.05, 0.1) is 23.4 Å². The summed E-state index contributed by atoms with van der Waals surface area (Å²) in [6, 6.07) is 7.61.